The second-order valence-corrected chi connectivity index (χ2v) is 10.1. The molecular weight excluding hydrogens is 504 g/mol. The second kappa shape index (κ2) is 12.1. The third-order valence-corrected chi connectivity index (χ3v) is 7.31. The van der Waals surface area contributed by atoms with Crippen molar-refractivity contribution in [3.8, 4) is 22.8 Å². The summed E-state index contributed by atoms with van der Waals surface area (Å²) in [5.41, 5.74) is 6.56. The number of amides is 1. The summed E-state index contributed by atoms with van der Waals surface area (Å²) in [6, 6.07) is 12.1. The van der Waals surface area contributed by atoms with Crippen LogP contribution in [0.1, 0.15) is 26.7 Å². The maximum atomic E-state index is 13.6. The number of hydrogen-bond donors (Lipinski definition) is 1. The summed E-state index contributed by atoms with van der Waals surface area (Å²) in [5, 5.41) is 8.07. The number of nitrogens with one attached hydrogen (secondary N) is 1. The van der Waals surface area contributed by atoms with Crippen LogP contribution in [0.25, 0.3) is 22.8 Å². The van der Waals surface area contributed by atoms with Crippen LogP contribution in [-0.2, 0) is 11.3 Å². The van der Waals surface area contributed by atoms with Gasteiger partial charge in [0.15, 0.2) is 11.6 Å². The van der Waals surface area contributed by atoms with Crippen LogP contribution in [-0.4, -0.2) is 38.7 Å². The SMILES string of the molecule is C=C=C(Cn1nc(-c2ccc(F)cc2)nc1-c1ccc(F)cc1)N1CCC(C)=C(SC(=C)NC(C)=O)CC1. The summed E-state index contributed by atoms with van der Waals surface area (Å²) >= 11 is 1.49. The monoisotopic (exact) mass is 533 g/mol. The first-order valence-electron chi connectivity index (χ1n) is 12.2. The molecule has 1 N–H and O–H groups in total. The van der Waals surface area contributed by atoms with E-state index in [1.165, 1.54) is 53.4 Å². The van der Waals surface area contributed by atoms with E-state index in [-0.39, 0.29) is 17.5 Å². The van der Waals surface area contributed by atoms with Crippen LogP contribution in [0.3, 0.4) is 0 Å². The fourth-order valence-corrected chi connectivity index (χ4v) is 5.14. The summed E-state index contributed by atoms with van der Waals surface area (Å²) < 4.78 is 28.9. The lowest BCUT2D eigenvalue weighted by Gasteiger charge is -2.25. The Morgan fingerprint density at radius 2 is 1.66 bits per heavy atom. The molecule has 0 bridgehead atoms. The molecule has 1 amide bonds. The second-order valence-electron chi connectivity index (χ2n) is 8.95. The number of rotatable bonds is 8. The number of hydrogen-bond acceptors (Lipinski definition) is 5. The molecule has 0 saturated heterocycles. The van der Waals surface area contributed by atoms with Gasteiger partial charge in [0.1, 0.15) is 11.6 Å². The lowest BCUT2D eigenvalue weighted by molar-refractivity contribution is -0.118. The van der Waals surface area contributed by atoms with Gasteiger partial charge in [-0.1, -0.05) is 30.5 Å². The molecular formula is C29H29F2N5OS. The largest absolute Gasteiger partial charge is 0.366 e. The number of carbonyl (C=O) groups excluding carboxylic acids is 1. The van der Waals surface area contributed by atoms with Gasteiger partial charge in [-0.05, 0) is 73.2 Å². The highest BCUT2D eigenvalue weighted by atomic mass is 32.2. The van der Waals surface area contributed by atoms with Crippen LogP contribution >= 0.6 is 11.8 Å². The lowest BCUT2D eigenvalue weighted by Crippen LogP contribution is -2.27. The first-order valence-corrected chi connectivity index (χ1v) is 13.0. The normalized spacial score (nSPS) is 13.6. The quantitative estimate of drug-likeness (QED) is 0.346. The molecule has 0 aliphatic carbocycles. The van der Waals surface area contributed by atoms with E-state index in [0.717, 1.165) is 31.6 Å². The van der Waals surface area contributed by atoms with Crippen LogP contribution in [0.4, 0.5) is 8.78 Å². The van der Waals surface area contributed by atoms with E-state index in [1.54, 1.807) is 28.9 Å². The first kappa shape index (κ1) is 27.1. The number of allylic oxidation sites excluding steroid dienone is 1. The highest BCUT2D eigenvalue weighted by Gasteiger charge is 2.21. The summed E-state index contributed by atoms with van der Waals surface area (Å²) in [4.78, 5) is 19.5. The van der Waals surface area contributed by atoms with E-state index >= 15 is 0 Å². The molecule has 0 atom stereocenters. The standard InChI is InChI=1S/C29H29F2N5OS/c1-5-26(35-16-14-19(2)27(15-17-35)38-21(4)32-20(3)37)18-36-29(23-8-12-25(31)13-9-23)33-28(34-36)22-6-10-24(30)11-7-22/h6-13H,1,4,14-18H2,2-3H3,(H,32,37). The molecule has 0 spiro atoms. The molecule has 4 rings (SSSR count). The zero-order valence-electron chi connectivity index (χ0n) is 21.4. The van der Waals surface area contributed by atoms with Gasteiger partial charge in [-0.3, -0.25) is 4.79 Å². The number of benzene rings is 2. The van der Waals surface area contributed by atoms with Gasteiger partial charge in [0.25, 0.3) is 0 Å². The molecule has 1 aliphatic rings. The molecule has 1 aromatic heterocycles. The average Bonchev–Trinajstić information content (AvgIpc) is 3.22. The summed E-state index contributed by atoms with van der Waals surface area (Å²) in [7, 11) is 0. The Morgan fingerprint density at radius 1 is 1.05 bits per heavy atom. The number of carbonyl (C=O) groups is 1. The minimum atomic E-state index is -0.341. The van der Waals surface area contributed by atoms with Crippen LogP contribution in [0, 0.1) is 11.6 Å². The fraction of sp³-hybridized carbons (Fsp3) is 0.241. The Morgan fingerprint density at radius 3 is 2.26 bits per heavy atom. The Kier molecular flexibility index (Phi) is 8.61. The van der Waals surface area contributed by atoms with Crippen molar-refractivity contribution >= 4 is 17.7 Å². The molecule has 38 heavy (non-hydrogen) atoms. The molecule has 0 radical (unpaired) electrons. The van der Waals surface area contributed by atoms with Crippen molar-refractivity contribution in [3.63, 3.8) is 0 Å². The topological polar surface area (TPSA) is 63.1 Å². The Bertz CT molecular complexity index is 1420. The molecule has 9 heteroatoms. The molecule has 6 nitrogen and oxygen atoms in total. The van der Waals surface area contributed by atoms with Gasteiger partial charge in [0.05, 0.1) is 17.3 Å². The van der Waals surface area contributed by atoms with Crippen LogP contribution < -0.4 is 5.32 Å². The number of thioether (sulfide) groups is 1. The molecule has 2 heterocycles. The van der Waals surface area contributed by atoms with E-state index in [9.17, 15) is 13.6 Å². The predicted molar refractivity (Wildman–Crippen MR) is 148 cm³/mol. The molecule has 1 aliphatic heterocycles. The van der Waals surface area contributed by atoms with E-state index in [1.807, 2.05) is 0 Å². The van der Waals surface area contributed by atoms with E-state index in [4.69, 9.17) is 10.1 Å². The van der Waals surface area contributed by atoms with E-state index < -0.39 is 0 Å². The fourth-order valence-electron chi connectivity index (χ4n) is 4.18. The van der Waals surface area contributed by atoms with Crippen LogP contribution in [0.2, 0.25) is 0 Å². The maximum absolute atomic E-state index is 13.6. The van der Waals surface area contributed by atoms with Crippen molar-refractivity contribution in [2.45, 2.75) is 33.2 Å². The first-order chi connectivity index (χ1) is 18.2. The van der Waals surface area contributed by atoms with Crippen molar-refractivity contribution in [1.29, 1.82) is 0 Å². The zero-order valence-corrected chi connectivity index (χ0v) is 22.2. The van der Waals surface area contributed by atoms with E-state index in [2.05, 4.69) is 36.0 Å². The molecule has 0 fully saturated rings. The van der Waals surface area contributed by atoms with Crippen molar-refractivity contribution in [1.82, 2.24) is 25.0 Å². The van der Waals surface area contributed by atoms with Gasteiger partial charge in [0, 0.05) is 31.1 Å². The number of nitrogens with zero attached hydrogens (tertiary/aromatic N) is 4. The molecule has 0 unspecified atom stereocenters. The highest BCUT2D eigenvalue weighted by Crippen LogP contribution is 2.33. The minimum Gasteiger partial charge on any atom is -0.366 e. The number of aromatic nitrogens is 3. The highest BCUT2D eigenvalue weighted by molar-refractivity contribution is 8.06. The Labute approximate surface area is 225 Å². The minimum absolute atomic E-state index is 0.141. The van der Waals surface area contributed by atoms with Gasteiger partial charge in [-0.15, -0.1) is 5.73 Å². The van der Waals surface area contributed by atoms with Crippen molar-refractivity contribution in [2.24, 2.45) is 0 Å². The third kappa shape index (κ3) is 6.68. The van der Waals surface area contributed by atoms with Gasteiger partial charge in [-0.2, -0.15) is 5.10 Å². The molecule has 196 valence electrons. The molecule has 3 aromatic rings. The Hall–Kier alpha value is -3.94. The van der Waals surface area contributed by atoms with Crippen LogP contribution in [0.15, 0.2) is 88.6 Å². The lowest BCUT2D eigenvalue weighted by atomic mass is 10.2. The van der Waals surface area contributed by atoms with Gasteiger partial charge >= 0.3 is 0 Å². The van der Waals surface area contributed by atoms with Crippen molar-refractivity contribution in [2.75, 3.05) is 13.1 Å². The molecule has 0 saturated carbocycles. The Balaban J connectivity index is 1.58. The summed E-state index contributed by atoms with van der Waals surface area (Å²) in [5.74, 6) is 0.178. The maximum Gasteiger partial charge on any atom is 0.221 e. The zero-order chi connectivity index (χ0) is 27.2. The smallest absolute Gasteiger partial charge is 0.221 e. The third-order valence-electron chi connectivity index (χ3n) is 6.17. The van der Waals surface area contributed by atoms with Crippen LogP contribution in [0.5, 0.6) is 0 Å². The van der Waals surface area contributed by atoms with Gasteiger partial charge < -0.3 is 10.2 Å². The summed E-state index contributed by atoms with van der Waals surface area (Å²) in [6.45, 7) is 13.3. The van der Waals surface area contributed by atoms with E-state index in [0.29, 0.717) is 34.3 Å². The van der Waals surface area contributed by atoms with Gasteiger partial charge in [-0.25, -0.2) is 18.4 Å². The molecule has 2 aromatic carbocycles. The van der Waals surface area contributed by atoms with Crippen molar-refractivity contribution < 1.29 is 13.6 Å². The average molecular weight is 534 g/mol. The summed E-state index contributed by atoms with van der Waals surface area (Å²) in [6.07, 6.45) is 1.62. The van der Waals surface area contributed by atoms with Crippen molar-refractivity contribution in [3.05, 3.63) is 100 Å². The predicted octanol–water partition coefficient (Wildman–Crippen LogP) is 6.27. The van der Waals surface area contributed by atoms with Gasteiger partial charge in [0.2, 0.25) is 5.91 Å². The number of halogens is 2.